The first-order chi connectivity index (χ1) is 18.0. The molecule has 182 valence electrons. The van der Waals surface area contributed by atoms with Gasteiger partial charge in [-0.25, -0.2) is 4.99 Å². The van der Waals surface area contributed by atoms with E-state index in [0.29, 0.717) is 31.5 Å². The molecule has 4 aromatic rings. The molecule has 0 fully saturated rings. The Morgan fingerprint density at radius 1 is 0.595 bits per heavy atom. The number of nitrogens with one attached hydrogen (secondary N) is 1. The zero-order chi connectivity index (χ0) is 25.8. The molecule has 0 saturated heterocycles. The van der Waals surface area contributed by atoms with Crippen LogP contribution in [0.25, 0.3) is 5.70 Å². The lowest BCUT2D eigenvalue weighted by Gasteiger charge is -2.19. The lowest BCUT2D eigenvalue weighted by molar-refractivity contribution is 1.45. The number of rotatable bonds is 6. The molecule has 0 spiro atoms. The first kappa shape index (κ1) is 25.4. The Morgan fingerprint density at radius 2 is 1.14 bits per heavy atom. The number of hydrogen-bond acceptors (Lipinski definition) is 2. The van der Waals surface area contributed by atoms with Crippen LogP contribution in [0.3, 0.4) is 0 Å². The van der Waals surface area contributed by atoms with E-state index in [1.807, 2.05) is 85.0 Å². The largest absolute Gasteiger partial charge is 0.352 e. The van der Waals surface area contributed by atoms with E-state index in [-0.39, 0.29) is 0 Å². The van der Waals surface area contributed by atoms with Crippen molar-refractivity contribution in [2.45, 2.75) is 0 Å². The van der Waals surface area contributed by atoms with Crippen molar-refractivity contribution in [2.75, 3.05) is 5.32 Å². The van der Waals surface area contributed by atoms with Crippen LogP contribution in [0.2, 0.25) is 20.1 Å². The molecule has 4 aromatic carbocycles. The number of anilines is 1. The fourth-order valence-corrected chi connectivity index (χ4v) is 5.04. The SMILES string of the molecule is Clc1cccc(Cl)c1N=C(C1=CC=C/C1=C(/Nc1c(Cl)cccc1Cl)c1ccccc1)c1ccccc1. The molecule has 37 heavy (non-hydrogen) atoms. The minimum atomic E-state index is 0.474. The molecule has 0 atom stereocenters. The summed E-state index contributed by atoms with van der Waals surface area (Å²) in [6, 6.07) is 30.8. The number of allylic oxidation sites excluding steroid dienone is 5. The van der Waals surface area contributed by atoms with Crippen molar-refractivity contribution in [1.29, 1.82) is 0 Å². The molecule has 5 rings (SSSR count). The summed E-state index contributed by atoms with van der Waals surface area (Å²) in [7, 11) is 0. The lowest BCUT2D eigenvalue weighted by atomic mass is 9.94. The van der Waals surface area contributed by atoms with Gasteiger partial charge in [-0.1, -0.05) is 137 Å². The summed E-state index contributed by atoms with van der Waals surface area (Å²) < 4.78 is 0. The maximum atomic E-state index is 6.55. The summed E-state index contributed by atoms with van der Waals surface area (Å²) in [5.74, 6) is 0. The molecular weight excluding hydrogens is 542 g/mol. The molecule has 0 saturated carbocycles. The lowest BCUT2D eigenvalue weighted by Crippen LogP contribution is -2.10. The highest BCUT2D eigenvalue weighted by molar-refractivity contribution is 6.40. The van der Waals surface area contributed by atoms with Crippen LogP contribution in [0.1, 0.15) is 11.1 Å². The molecular formula is C31H20Cl4N2. The van der Waals surface area contributed by atoms with E-state index in [0.717, 1.165) is 33.7 Å². The van der Waals surface area contributed by atoms with Crippen molar-refractivity contribution in [3.05, 3.63) is 158 Å². The van der Waals surface area contributed by atoms with Gasteiger partial charge >= 0.3 is 0 Å². The predicted molar refractivity (Wildman–Crippen MR) is 160 cm³/mol. The highest BCUT2D eigenvalue weighted by Crippen LogP contribution is 2.39. The van der Waals surface area contributed by atoms with Crippen LogP contribution in [0.15, 0.2) is 131 Å². The minimum absolute atomic E-state index is 0.474. The van der Waals surface area contributed by atoms with E-state index in [4.69, 9.17) is 51.4 Å². The predicted octanol–water partition coefficient (Wildman–Crippen LogP) is 10.4. The van der Waals surface area contributed by atoms with Crippen molar-refractivity contribution >= 4 is 69.2 Å². The topological polar surface area (TPSA) is 24.4 Å². The van der Waals surface area contributed by atoms with Crippen molar-refractivity contribution in [3.8, 4) is 0 Å². The maximum absolute atomic E-state index is 6.55. The van der Waals surface area contributed by atoms with Crippen molar-refractivity contribution in [2.24, 2.45) is 4.99 Å². The summed E-state index contributed by atoms with van der Waals surface area (Å²) in [4.78, 5) is 5.01. The Morgan fingerprint density at radius 3 is 1.73 bits per heavy atom. The highest BCUT2D eigenvalue weighted by Gasteiger charge is 2.22. The second kappa shape index (κ2) is 11.4. The van der Waals surface area contributed by atoms with Gasteiger partial charge < -0.3 is 5.32 Å². The van der Waals surface area contributed by atoms with E-state index in [1.165, 1.54) is 0 Å². The average molecular weight is 562 g/mol. The van der Waals surface area contributed by atoms with E-state index in [2.05, 4.69) is 5.32 Å². The van der Waals surface area contributed by atoms with E-state index in [1.54, 1.807) is 30.3 Å². The van der Waals surface area contributed by atoms with Gasteiger partial charge in [-0.2, -0.15) is 0 Å². The first-order valence-corrected chi connectivity index (χ1v) is 13.0. The molecule has 2 nitrogen and oxygen atoms in total. The second-order valence-electron chi connectivity index (χ2n) is 8.21. The molecule has 0 unspecified atom stereocenters. The monoisotopic (exact) mass is 560 g/mol. The summed E-state index contributed by atoms with van der Waals surface area (Å²) >= 11 is 26.1. The van der Waals surface area contributed by atoms with Gasteiger partial charge in [0.1, 0.15) is 5.69 Å². The average Bonchev–Trinajstić information content (AvgIpc) is 3.39. The smallest absolute Gasteiger partial charge is 0.101 e. The van der Waals surface area contributed by atoms with Crippen molar-refractivity contribution < 1.29 is 0 Å². The zero-order valence-electron chi connectivity index (χ0n) is 19.4. The summed E-state index contributed by atoms with van der Waals surface area (Å²) in [5, 5.41) is 5.51. The summed E-state index contributed by atoms with van der Waals surface area (Å²) in [6.07, 6.45) is 6.07. The normalized spacial score (nSPS) is 14.5. The summed E-state index contributed by atoms with van der Waals surface area (Å²) in [6.45, 7) is 0. The van der Waals surface area contributed by atoms with Crippen molar-refractivity contribution in [3.63, 3.8) is 0 Å². The van der Waals surface area contributed by atoms with Crippen LogP contribution < -0.4 is 5.32 Å². The van der Waals surface area contributed by atoms with Crippen LogP contribution >= 0.6 is 46.4 Å². The van der Waals surface area contributed by atoms with Gasteiger partial charge in [0.2, 0.25) is 0 Å². The Kier molecular flexibility index (Phi) is 7.83. The summed E-state index contributed by atoms with van der Waals surface area (Å²) in [5.41, 5.74) is 6.43. The van der Waals surface area contributed by atoms with E-state index < -0.39 is 0 Å². The Bertz CT molecular complexity index is 1530. The van der Waals surface area contributed by atoms with Gasteiger partial charge in [0.15, 0.2) is 0 Å². The van der Waals surface area contributed by atoms with Gasteiger partial charge in [0.25, 0.3) is 0 Å². The Balaban J connectivity index is 1.73. The third-order valence-electron chi connectivity index (χ3n) is 5.82. The van der Waals surface area contributed by atoms with Crippen LogP contribution in [-0.4, -0.2) is 5.71 Å². The van der Waals surface area contributed by atoms with Crippen LogP contribution in [0, 0.1) is 0 Å². The number of hydrogen-bond donors (Lipinski definition) is 1. The van der Waals surface area contributed by atoms with Gasteiger partial charge in [-0.05, 0) is 29.8 Å². The molecule has 0 amide bonds. The van der Waals surface area contributed by atoms with Gasteiger partial charge in [0, 0.05) is 16.7 Å². The number of aliphatic imine (C=N–C) groups is 1. The standard InChI is InChI=1S/C31H20Cl4N2/c32-24-16-8-17-25(33)30(24)36-28(20-10-3-1-4-11-20)22-14-7-15-23(22)29(21-12-5-2-6-13-21)37-31-26(34)18-9-19-27(31)35/h1-19,36H/b28-22-,37-29?. The molecule has 0 heterocycles. The van der Waals surface area contributed by atoms with Gasteiger partial charge in [-0.3, -0.25) is 0 Å². The fourth-order valence-electron chi connectivity index (χ4n) is 4.07. The fraction of sp³-hybridized carbons (Fsp3) is 0. The first-order valence-electron chi connectivity index (χ1n) is 11.5. The highest BCUT2D eigenvalue weighted by atomic mass is 35.5. The molecule has 1 aliphatic carbocycles. The Hall–Kier alpha value is -3.27. The van der Waals surface area contributed by atoms with E-state index in [9.17, 15) is 0 Å². The second-order valence-corrected chi connectivity index (χ2v) is 9.84. The molecule has 0 aromatic heterocycles. The molecule has 6 heteroatoms. The number of benzene rings is 4. The van der Waals surface area contributed by atoms with E-state index >= 15 is 0 Å². The molecule has 0 radical (unpaired) electrons. The van der Waals surface area contributed by atoms with Crippen LogP contribution in [0.4, 0.5) is 11.4 Å². The van der Waals surface area contributed by atoms with Crippen molar-refractivity contribution in [1.82, 2.24) is 0 Å². The van der Waals surface area contributed by atoms with Crippen LogP contribution in [-0.2, 0) is 0 Å². The molecule has 0 bridgehead atoms. The third kappa shape index (κ3) is 5.53. The number of nitrogens with zero attached hydrogens (tertiary/aromatic N) is 1. The van der Waals surface area contributed by atoms with Gasteiger partial charge in [0.05, 0.1) is 37.2 Å². The molecule has 0 aliphatic heterocycles. The number of halogens is 4. The maximum Gasteiger partial charge on any atom is 0.101 e. The van der Waals surface area contributed by atoms with Crippen LogP contribution in [0.5, 0.6) is 0 Å². The molecule has 1 N–H and O–H groups in total. The number of para-hydroxylation sites is 2. The molecule has 1 aliphatic rings. The minimum Gasteiger partial charge on any atom is -0.352 e. The quantitative estimate of drug-likeness (QED) is 0.232. The zero-order valence-corrected chi connectivity index (χ0v) is 22.5. The van der Waals surface area contributed by atoms with Gasteiger partial charge in [-0.15, -0.1) is 0 Å². The third-order valence-corrected chi connectivity index (χ3v) is 7.06. The Labute approximate surface area is 236 Å².